The summed E-state index contributed by atoms with van der Waals surface area (Å²) in [5, 5.41) is 17.5. The quantitative estimate of drug-likeness (QED) is 0.455. The van der Waals surface area contributed by atoms with E-state index in [4.69, 9.17) is 9.84 Å². The molecule has 4 nitrogen and oxygen atoms in total. The van der Waals surface area contributed by atoms with Crippen molar-refractivity contribution in [3.05, 3.63) is 91.0 Å². The second-order valence-electron chi connectivity index (χ2n) is 6.33. The Morgan fingerprint density at radius 2 is 1.48 bits per heavy atom. The number of rotatable bonds is 3. The Morgan fingerprint density at radius 3 is 2.30 bits per heavy atom. The first-order valence-electron chi connectivity index (χ1n) is 8.72. The SMILES string of the molecule is Oc1ccc(Oc2c3c(ccc4ccccc43)nn2-c2ccccc2)cc1. The topological polar surface area (TPSA) is 47.3 Å². The third-order valence-electron chi connectivity index (χ3n) is 4.57. The van der Waals surface area contributed by atoms with Gasteiger partial charge in [0.05, 0.1) is 16.6 Å². The van der Waals surface area contributed by atoms with Gasteiger partial charge in [0.2, 0.25) is 5.88 Å². The van der Waals surface area contributed by atoms with Gasteiger partial charge in [-0.15, -0.1) is 0 Å². The highest BCUT2D eigenvalue weighted by molar-refractivity contribution is 6.09. The predicted octanol–water partition coefficient (Wildman–Crippen LogP) is 5.68. The number of aromatic nitrogens is 2. The van der Waals surface area contributed by atoms with E-state index >= 15 is 0 Å². The summed E-state index contributed by atoms with van der Waals surface area (Å²) < 4.78 is 8.09. The number of ether oxygens (including phenoxy) is 1. The number of hydrogen-bond acceptors (Lipinski definition) is 3. The third kappa shape index (κ3) is 2.68. The second-order valence-corrected chi connectivity index (χ2v) is 6.33. The molecule has 4 heteroatoms. The van der Waals surface area contributed by atoms with Gasteiger partial charge in [-0.05, 0) is 53.2 Å². The Balaban J connectivity index is 1.80. The molecule has 5 rings (SSSR count). The highest BCUT2D eigenvalue weighted by Gasteiger charge is 2.17. The first-order chi connectivity index (χ1) is 13.3. The number of hydrogen-bond donors (Lipinski definition) is 1. The summed E-state index contributed by atoms with van der Waals surface area (Å²) >= 11 is 0. The second kappa shape index (κ2) is 6.18. The van der Waals surface area contributed by atoms with Gasteiger partial charge in [-0.1, -0.05) is 48.5 Å². The maximum absolute atomic E-state index is 9.56. The smallest absolute Gasteiger partial charge is 0.231 e. The summed E-state index contributed by atoms with van der Waals surface area (Å²) in [5.74, 6) is 1.49. The van der Waals surface area contributed by atoms with E-state index in [0.29, 0.717) is 11.6 Å². The molecule has 0 unspecified atom stereocenters. The largest absolute Gasteiger partial charge is 0.508 e. The van der Waals surface area contributed by atoms with E-state index in [-0.39, 0.29) is 5.75 Å². The molecule has 0 aliphatic rings. The number of nitrogens with zero attached hydrogens (tertiary/aromatic N) is 2. The van der Waals surface area contributed by atoms with E-state index in [9.17, 15) is 5.11 Å². The molecular formula is C23H16N2O2. The maximum atomic E-state index is 9.56. The molecule has 4 aromatic carbocycles. The molecule has 1 heterocycles. The molecule has 0 fully saturated rings. The number of fused-ring (bicyclic) bond motifs is 3. The average Bonchev–Trinajstić information content (AvgIpc) is 3.09. The Hall–Kier alpha value is -3.79. The van der Waals surface area contributed by atoms with Gasteiger partial charge in [-0.25, -0.2) is 0 Å². The van der Waals surface area contributed by atoms with E-state index in [0.717, 1.165) is 27.4 Å². The third-order valence-corrected chi connectivity index (χ3v) is 4.57. The van der Waals surface area contributed by atoms with Crippen LogP contribution in [0.1, 0.15) is 0 Å². The molecule has 130 valence electrons. The zero-order valence-electron chi connectivity index (χ0n) is 14.4. The van der Waals surface area contributed by atoms with E-state index < -0.39 is 0 Å². The summed E-state index contributed by atoms with van der Waals surface area (Å²) in [4.78, 5) is 0. The van der Waals surface area contributed by atoms with Crippen molar-refractivity contribution in [3.8, 4) is 23.1 Å². The molecule has 27 heavy (non-hydrogen) atoms. The Bertz CT molecular complexity index is 1240. The van der Waals surface area contributed by atoms with Crippen LogP contribution >= 0.6 is 0 Å². The van der Waals surface area contributed by atoms with Gasteiger partial charge >= 0.3 is 0 Å². The monoisotopic (exact) mass is 352 g/mol. The number of para-hydroxylation sites is 1. The van der Waals surface area contributed by atoms with Crippen molar-refractivity contribution in [1.82, 2.24) is 9.78 Å². The van der Waals surface area contributed by atoms with Crippen LogP contribution in [0.3, 0.4) is 0 Å². The Morgan fingerprint density at radius 1 is 0.741 bits per heavy atom. The van der Waals surface area contributed by atoms with Crippen molar-refractivity contribution in [1.29, 1.82) is 0 Å². The van der Waals surface area contributed by atoms with Gasteiger partial charge in [0, 0.05) is 0 Å². The Labute approximate surface area is 155 Å². The van der Waals surface area contributed by atoms with E-state index in [1.807, 2.05) is 53.2 Å². The van der Waals surface area contributed by atoms with Crippen LogP contribution in [-0.2, 0) is 0 Å². The predicted molar refractivity (Wildman–Crippen MR) is 107 cm³/mol. The zero-order valence-corrected chi connectivity index (χ0v) is 14.4. The van der Waals surface area contributed by atoms with Gasteiger partial charge in [0.15, 0.2) is 0 Å². The molecular weight excluding hydrogens is 336 g/mol. The summed E-state index contributed by atoms with van der Waals surface area (Å²) in [7, 11) is 0. The molecule has 5 aromatic rings. The number of aromatic hydroxyl groups is 1. The van der Waals surface area contributed by atoms with Crippen LogP contribution in [0.5, 0.6) is 17.4 Å². The standard InChI is InChI=1S/C23H16N2O2/c26-18-11-13-19(14-12-18)27-23-22-20-9-5-4-6-16(20)10-15-21(22)24-25(23)17-7-2-1-3-8-17/h1-15,26H. The molecule has 0 aliphatic carbocycles. The van der Waals surface area contributed by atoms with Crippen LogP contribution < -0.4 is 4.74 Å². The summed E-state index contributed by atoms with van der Waals surface area (Å²) in [6.07, 6.45) is 0. The van der Waals surface area contributed by atoms with Crippen LogP contribution in [0.25, 0.3) is 27.4 Å². The molecule has 0 amide bonds. The van der Waals surface area contributed by atoms with Crippen LogP contribution in [0.15, 0.2) is 91.0 Å². The molecule has 0 saturated carbocycles. The normalized spacial score (nSPS) is 11.1. The highest BCUT2D eigenvalue weighted by atomic mass is 16.5. The maximum Gasteiger partial charge on any atom is 0.231 e. The van der Waals surface area contributed by atoms with E-state index in [2.05, 4.69) is 18.2 Å². The van der Waals surface area contributed by atoms with Gasteiger partial charge in [-0.2, -0.15) is 9.78 Å². The lowest BCUT2D eigenvalue weighted by molar-refractivity contribution is 0.444. The lowest BCUT2D eigenvalue weighted by Crippen LogP contribution is -1.99. The van der Waals surface area contributed by atoms with Crippen LogP contribution in [0, 0.1) is 0 Å². The number of phenolic OH excluding ortho intramolecular Hbond substituents is 1. The van der Waals surface area contributed by atoms with Crippen molar-refractivity contribution in [2.24, 2.45) is 0 Å². The fourth-order valence-corrected chi connectivity index (χ4v) is 3.29. The fourth-order valence-electron chi connectivity index (χ4n) is 3.29. The lowest BCUT2D eigenvalue weighted by Gasteiger charge is -2.10. The average molecular weight is 352 g/mol. The van der Waals surface area contributed by atoms with Crippen molar-refractivity contribution in [2.45, 2.75) is 0 Å². The van der Waals surface area contributed by atoms with Crippen LogP contribution in [-0.4, -0.2) is 14.9 Å². The molecule has 0 aliphatic heterocycles. The minimum absolute atomic E-state index is 0.203. The van der Waals surface area contributed by atoms with Gasteiger partial charge in [0.25, 0.3) is 0 Å². The first-order valence-corrected chi connectivity index (χ1v) is 8.72. The van der Waals surface area contributed by atoms with E-state index in [1.165, 1.54) is 0 Å². The highest BCUT2D eigenvalue weighted by Crippen LogP contribution is 2.37. The molecule has 0 bridgehead atoms. The fraction of sp³-hybridized carbons (Fsp3) is 0. The summed E-state index contributed by atoms with van der Waals surface area (Å²) in [6.45, 7) is 0. The zero-order chi connectivity index (χ0) is 18.2. The summed E-state index contributed by atoms with van der Waals surface area (Å²) in [5.41, 5.74) is 1.79. The van der Waals surface area contributed by atoms with Crippen molar-refractivity contribution < 1.29 is 9.84 Å². The van der Waals surface area contributed by atoms with Gasteiger partial charge < -0.3 is 9.84 Å². The first kappa shape index (κ1) is 15.5. The molecule has 0 spiro atoms. The van der Waals surface area contributed by atoms with Crippen LogP contribution in [0.2, 0.25) is 0 Å². The van der Waals surface area contributed by atoms with Crippen molar-refractivity contribution in [2.75, 3.05) is 0 Å². The van der Waals surface area contributed by atoms with Gasteiger partial charge in [0.1, 0.15) is 11.5 Å². The number of benzene rings is 4. The van der Waals surface area contributed by atoms with Crippen LogP contribution in [0.4, 0.5) is 0 Å². The van der Waals surface area contributed by atoms with Crippen molar-refractivity contribution in [3.63, 3.8) is 0 Å². The summed E-state index contributed by atoms with van der Waals surface area (Å²) in [6, 6.07) is 28.9. The van der Waals surface area contributed by atoms with E-state index in [1.54, 1.807) is 24.3 Å². The van der Waals surface area contributed by atoms with Gasteiger partial charge in [-0.3, -0.25) is 0 Å². The molecule has 0 radical (unpaired) electrons. The minimum Gasteiger partial charge on any atom is -0.508 e. The number of phenols is 1. The lowest BCUT2D eigenvalue weighted by atomic mass is 10.1. The van der Waals surface area contributed by atoms with Crippen molar-refractivity contribution >= 4 is 21.7 Å². The minimum atomic E-state index is 0.203. The molecule has 1 aromatic heterocycles. The molecule has 0 atom stereocenters. The Kier molecular flexibility index (Phi) is 3.54. The molecule has 0 saturated heterocycles. The molecule has 1 N–H and O–H groups in total.